The Hall–Kier alpha value is -2.14. The van der Waals surface area contributed by atoms with Crippen LogP contribution < -0.4 is 5.73 Å². The van der Waals surface area contributed by atoms with E-state index < -0.39 is 0 Å². The first-order valence-corrected chi connectivity index (χ1v) is 7.74. The fraction of sp³-hybridized carbons (Fsp3) is 0.412. The average molecular weight is 298 g/mol. The van der Waals surface area contributed by atoms with Crippen molar-refractivity contribution in [1.29, 1.82) is 0 Å². The molecule has 3 rings (SSSR count). The van der Waals surface area contributed by atoms with E-state index in [0.717, 1.165) is 13.0 Å². The van der Waals surface area contributed by atoms with Crippen molar-refractivity contribution < 1.29 is 4.79 Å². The number of aromatic nitrogens is 2. The Kier molecular flexibility index (Phi) is 4.24. The van der Waals surface area contributed by atoms with Crippen molar-refractivity contribution in [3.63, 3.8) is 0 Å². The van der Waals surface area contributed by atoms with Crippen LogP contribution in [0.1, 0.15) is 29.3 Å². The van der Waals surface area contributed by atoms with Gasteiger partial charge in [0.2, 0.25) is 0 Å². The molecule has 1 aliphatic heterocycles. The third-order valence-electron chi connectivity index (χ3n) is 4.32. The first kappa shape index (κ1) is 14.8. The maximum absolute atomic E-state index is 12.6. The van der Waals surface area contributed by atoms with Gasteiger partial charge >= 0.3 is 0 Å². The predicted octanol–water partition coefficient (Wildman–Crippen LogP) is 1.74. The summed E-state index contributed by atoms with van der Waals surface area (Å²) >= 11 is 0. The maximum Gasteiger partial charge on any atom is 0.257 e. The number of benzene rings is 1. The molecule has 1 aromatic carbocycles. The zero-order valence-electron chi connectivity index (χ0n) is 12.9. The van der Waals surface area contributed by atoms with Crippen LogP contribution in [-0.2, 0) is 6.54 Å². The summed E-state index contributed by atoms with van der Waals surface area (Å²) in [5.41, 5.74) is 7.55. The van der Waals surface area contributed by atoms with E-state index in [1.165, 1.54) is 5.56 Å². The highest BCUT2D eigenvalue weighted by Crippen LogP contribution is 2.24. The van der Waals surface area contributed by atoms with E-state index >= 15 is 0 Å². The average Bonchev–Trinajstić information content (AvgIpc) is 3.14. The minimum Gasteiger partial charge on any atom is -0.336 e. The molecule has 0 aliphatic carbocycles. The molecule has 1 aromatic heterocycles. The molecule has 0 spiro atoms. The van der Waals surface area contributed by atoms with Gasteiger partial charge in [-0.3, -0.25) is 9.48 Å². The Morgan fingerprint density at radius 2 is 2.14 bits per heavy atom. The lowest BCUT2D eigenvalue weighted by molar-refractivity contribution is 0.0743. The zero-order valence-corrected chi connectivity index (χ0v) is 12.9. The summed E-state index contributed by atoms with van der Waals surface area (Å²) in [7, 11) is 0. The molecule has 0 bridgehead atoms. The molecule has 2 heterocycles. The largest absolute Gasteiger partial charge is 0.336 e. The molecule has 1 saturated heterocycles. The van der Waals surface area contributed by atoms with Gasteiger partial charge in [0.05, 0.1) is 18.3 Å². The van der Waals surface area contributed by atoms with Crippen molar-refractivity contribution in [2.45, 2.75) is 25.9 Å². The van der Waals surface area contributed by atoms with Crippen LogP contribution in [0.2, 0.25) is 0 Å². The van der Waals surface area contributed by atoms with E-state index in [-0.39, 0.29) is 11.9 Å². The van der Waals surface area contributed by atoms with Crippen LogP contribution in [0, 0.1) is 5.92 Å². The van der Waals surface area contributed by atoms with Gasteiger partial charge in [-0.25, -0.2) is 0 Å². The van der Waals surface area contributed by atoms with Crippen LogP contribution >= 0.6 is 0 Å². The molecular weight excluding hydrogens is 276 g/mol. The van der Waals surface area contributed by atoms with Crippen LogP contribution in [0.15, 0.2) is 42.7 Å². The standard InChI is InChI=1S/C17H22N4O/c1-13-7-15(8-18)11-21(13)17(22)16-9-19-20(12-16)10-14-5-3-2-4-6-14/h2-6,9,12-13,15H,7-8,10-11,18H2,1H3. The van der Waals surface area contributed by atoms with Crippen LogP contribution in [-0.4, -0.2) is 39.7 Å². The predicted molar refractivity (Wildman–Crippen MR) is 85.4 cm³/mol. The second-order valence-electron chi connectivity index (χ2n) is 6.06. The highest BCUT2D eigenvalue weighted by Gasteiger charge is 2.32. The minimum atomic E-state index is 0.0581. The van der Waals surface area contributed by atoms with Crippen molar-refractivity contribution in [2.24, 2.45) is 11.7 Å². The molecule has 5 heteroatoms. The number of carbonyl (C=O) groups is 1. The molecule has 2 N–H and O–H groups in total. The third kappa shape index (κ3) is 3.04. The van der Waals surface area contributed by atoms with Gasteiger partial charge in [0.1, 0.15) is 0 Å². The maximum atomic E-state index is 12.6. The number of carbonyl (C=O) groups excluding carboxylic acids is 1. The van der Waals surface area contributed by atoms with Gasteiger partial charge < -0.3 is 10.6 Å². The fourth-order valence-corrected chi connectivity index (χ4v) is 3.09. The van der Waals surface area contributed by atoms with Crippen molar-refractivity contribution in [3.8, 4) is 0 Å². The molecule has 1 amide bonds. The van der Waals surface area contributed by atoms with Gasteiger partial charge in [0.15, 0.2) is 0 Å². The summed E-state index contributed by atoms with van der Waals surface area (Å²) in [6.45, 7) is 4.15. The molecule has 2 atom stereocenters. The first-order chi connectivity index (χ1) is 10.7. The molecule has 2 unspecified atom stereocenters. The molecule has 0 saturated carbocycles. The number of likely N-dealkylation sites (tertiary alicyclic amines) is 1. The SMILES string of the molecule is CC1CC(CN)CN1C(=O)c1cnn(Cc2ccccc2)c1. The molecule has 1 fully saturated rings. The Balaban J connectivity index is 1.69. The number of amides is 1. The lowest BCUT2D eigenvalue weighted by Gasteiger charge is -2.20. The Bertz CT molecular complexity index is 637. The summed E-state index contributed by atoms with van der Waals surface area (Å²) in [4.78, 5) is 14.5. The van der Waals surface area contributed by atoms with Crippen LogP contribution in [0.5, 0.6) is 0 Å². The number of nitrogens with two attached hydrogens (primary N) is 1. The number of hydrogen-bond acceptors (Lipinski definition) is 3. The van der Waals surface area contributed by atoms with Crippen molar-refractivity contribution >= 4 is 5.91 Å². The van der Waals surface area contributed by atoms with Gasteiger partial charge in [-0.1, -0.05) is 30.3 Å². The van der Waals surface area contributed by atoms with E-state index in [1.807, 2.05) is 34.0 Å². The van der Waals surface area contributed by atoms with E-state index in [0.29, 0.717) is 24.6 Å². The lowest BCUT2D eigenvalue weighted by Crippen LogP contribution is -2.34. The lowest BCUT2D eigenvalue weighted by atomic mass is 10.1. The summed E-state index contributed by atoms with van der Waals surface area (Å²) in [5, 5.41) is 4.31. The van der Waals surface area contributed by atoms with Gasteiger partial charge in [-0.2, -0.15) is 5.10 Å². The van der Waals surface area contributed by atoms with Crippen LogP contribution in [0.25, 0.3) is 0 Å². The summed E-state index contributed by atoms with van der Waals surface area (Å²) in [6, 6.07) is 10.4. The molecular formula is C17H22N4O. The highest BCUT2D eigenvalue weighted by molar-refractivity contribution is 5.94. The first-order valence-electron chi connectivity index (χ1n) is 7.74. The Morgan fingerprint density at radius 3 is 2.82 bits per heavy atom. The third-order valence-corrected chi connectivity index (χ3v) is 4.32. The monoisotopic (exact) mass is 298 g/mol. The second kappa shape index (κ2) is 6.32. The Labute approximate surface area is 130 Å². The van der Waals surface area contributed by atoms with Gasteiger partial charge in [-0.05, 0) is 31.4 Å². The van der Waals surface area contributed by atoms with E-state index in [9.17, 15) is 4.79 Å². The Morgan fingerprint density at radius 1 is 1.36 bits per heavy atom. The second-order valence-corrected chi connectivity index (χ2v) is 6.06. The van der Waals surface area contributed by atoms with Crippen molar-refractivity contribution in [1.82, 2.24) is 14.7 Å². The minimum absolute atomic E-state index is 0.0581. The van der Waals surface area contributed by atoms with Crippen LogP contribution in [0.3, 0.4) is 0 Å². The van der Waals surface area contributed by atoms with Crippen molar-refractivity contribution in [2.75, 3.05) is 13.1 Å². The normalized spacial score (nSPS) is 21.3. The van der Waals surface area contributed by atoms with E-state index in [2.05, 4.69) is 24.2 Å². The number of hydrogen-bond donors (Lipinski definition) is 1. The number of nitrogens with zero attached hydrogens (tertiary/aromatic N) is 3. The van der Waals surface area contributed by atoms with Gasteiger partial charge in [0, 0.05) is 18.8 Å². The van der Waals surface area contributed by atoms with Crippen molar-refractivity contribution in [3.05, 3.63) is 53.9 Å². The zero-order chi connectivity index (χ0) is 15.5. The topological polar surface area (TPSA) is 64.2 Å². The molecule has 2 aromatic rings. The smallest absolute Gasteiger partial charge is 0.257 e. The highest BCUT2D eigenvalue weighted by atomic mass is 16.2. The summed E-state index contributed by atoms with van der Waals surface area (Å²) in [5.74, 6) is 0.473. The summed E-state index contributed by atoms with van der Waals surface area (Å²) < 4.78 is 1.81. The fourth-order valence-electron chi connectivity index (χ4n) is 3.09. The quantitative estimate of drug-likeness (QED) is 0.935. The molecule has 5 nitrogen and oxygen atoms in total. The molecule has 1 aliphatic rings. The van der Waals surface area contributed by atoms with E-state index in [4.69, 9.17) is 5.73 Å². The molecule has 0 radical (unpaired) electrons. The molecule has 116 valence electrons. The van der Waals surface area contributed by atoms with Gasteiger partial charge in [0.25, 0.3) is 5.91 Å². The summed E-state index contributed by atoms with van der Waals surface area (Å²) in [6.07, 6.45) is 4.48. The number of rotatable bonds is 4. The molecule has 22 heavy (non-hydrogen) atoms. The van der Waals surface area contributed by atoms with E-state index in [1.54, 1.807) is 6.20 Å². The van der Waals surface area contributed by atoms with Crippen LogP contribution in [0.4, 0.5) is 0 Å². The van der Waals surface area contributed by atoms with Gasteiger partial charge in [-0.15, -0.1) is 0 Å².